The first kappa shape index (κ1) is 20.0. The van der Waals surface area contributed by atoms with Gasteiger partial charge in [0.15, 0.2) is 0 Å². The van der Waals surface area contributed by atoms with Crippen LogP contribution in [0.2, 0.25) is 0 Å². The van der Waals surface area contributed by atoms with Crippen LogP contribution < -0.4 is 0 Å². The Labute approximate surface area is 175 Å². The van der Waals surface area contributed by atoms with Gasteiger partial charge in [0.2, 0.25) is 0 Å². The van der Waals surface area contributed by atoms with Gasteiger partial charge in [-0.25, -0.2) is 4.39 Å². The third-order valence-electron chi connectivity index (χ3n) is 7.02. The van der Waals surface area contributed by atoms with Crippen LogP contribution in [0.25, 0.3) is 0 Å². The Morgan fingerprint density at radius 3 is 2.31 bits per heavy atom. The van der Waals surface area contributed by atoms with Crippen LogP contribution >= 0.6 is 0 Å². The van der Waals surface area contributed by atoms with E-state index in [1.807, 2.05) is 6.07 Å². The molecule has 2 aromatic carbocycles. The fraction of sp³-hybridized carbons (Fsp3) is 0.429. The highest BCUT2D eigenvalue weighted by Crippen LogP contribution is 2.47. The molecule has 2 saturated carbocycles. The van der Waals surface area contributed by atoms with Gasteiger partial charge in [0, 0.05) is 11.1 Å². The highest BCUT2D eigenvalue weighted by Gasteiger charge is 2.35. The smallest absolute Gasteiger partial charge is 0.127 e. The quantitative estimate of drug-likeness (QED) is 0.372. The molecule has 0 amide bonds. The van der Waals surface area contributed by atoms with Crippen LogP contribution in [-0.2, 0) is 0 Å². The molecule has 1 heteroatoms. The van der Waals surface area contributed by atoms with Crippen molar-refractivity contribution in [1.29, 1.82) is 0 Å². The number of aryl methyl sites for hydroxylation is 1. The van der Waals surface area contributed by atoms with Gasteiger partial charge in [0.05, 0.1) is 0 Å². The van der Waals surface area contributed by atoms with Gasteiger partial charge < -0.3 is 0 Å². The van der Waals surface area contributed by atoms with Crippen LogP contribution in [0, 0.1) is 42.3 Å². The summed E-state index contributed by atoms with van der Waals surface area (Å²) in [5, 5.41) is 0. The number of hydrogen-bond acceptors (Lipinski definition) is 0. The zero-order valence-electron chi connectivity index (χ0n) is 17.6. The molecule has 0 spiro atoms. The maximum Gasteiger partial charge on any atom is 0.127 e. The lowest BCUT2D eigenvalue weighted by Crippen LogP contribution is -2.30. The third-order valence-corrected chi connectivity index (χ3v) is 7.02. The standard InChI is InChI=1S/C28H31F/c1-3-4-22-11-14-27-19-26(16-15-25(27)17-22)24-12-9-21(10-13-24)7-8-23-6-5-20(2)28(29)18-23/h3-6,9-10,12-13,18,22,25-27H,11,14-17,19H2,1-2H3/b4-3+. The second kappa shape index (κ2) is 9.00. The fourth-order valence-electron chi connectivity index (χ4n) is 5.33. The molecule has 0 heterocycles. The minimum absolute atomic E-state index is 0.192. The SMILES string of the molecule is C/C=C/C1CCC2CC(c3ccc(C#Cc4ccc(C)c(F)c4)cc3)CCC2C1. The lowest BCUT2D eigenvalue weighted by Gasteiger charge is -2.41. The van der Waals surface area contributed by atoms with Gasteiger partial charge >= 0.3 is 0 Å². The van der Waals surface area contributed by atoms with E-state index in [9.17, 15) is 4.39 Å². The van der Waals surface area contributed by atoms with Crippen molar-refractivity contribution in [1.82, 2.24) is 0 Å². The summed E-state index contributed by atoms with van der Waals surface area (Å²) in [5.74, 6) is 9.42. The van der Waals surface area contributed by atoms with E-state index >= 15 is 0 Å². The first-order valence-electron chi connectivity index (χ1n) is 11.1. The van der Waals surface area contributed by atoms with Crippen LogP contribution in [0.3, 0.4) is 0 Å². The van der Waals surface area contributed by atoms with Crippen LogP contribution in [0.4, 0.5) is 4.39 Å². The van der Waals surface area contributed by atoms with E-state index in [0.717, 1.165) is 28.9 Å². The Bertz CT molecular complexity index is 925. The summed E-state index contributed by atoms with van der Waals surface area (Å²) in [7, 11) is 0. The van der Waals surface area contributed by atoms with Crippen molar-refractivity contribution in [2.75, 3.05) is 0 Å². The Hall–Kier alpha value is -2.33. The van der Waals surface area contributed by atoms with Crippen LogP contribution in [-0.4, -0.2) is 0 Å². The zero-order chi connectivity index (χ0) is 20.2. The molecule has 2 aliphatic carbocycles. The molecule has 4 unspecified atom stereocenters. The van der Waals surface area contributed by atoms with Crippen molar-refractivity contribution in [3.63, 3.8) is 0 Å². The molecule has 0 N–H and O–H groups in total. The summed E-state index contributed by atoms with van der Waals surface area (Å²) in [4.78, 5) is 0. The van der Waals surface area contributed by atoms with Gasteiger partial charge in [-0.3, -0.25) is 0 Å². The summed E-state index contributed by atoms with van der Waals surface area (Å²) in [6.07, 6.45) is 12.9. The monoisotopic (exact) mass is 386 g/mol. The topological polar surface area (TPSA) is 0 Å². The molecule has 4 atom stereocenters. The van der Waals surface area contributed by atoms with Gasteiger partial charge in [0.1, 0.15) is 5.82 Å². The normalized spacial score (nSPS) is 26.6. The Balaban J connectivity index is 1.39. The highest BCUT2D eigenvalue weighted by molar-refractivity contribution is 5.44. The van der Waals surface area contributed by atoms with Crippen molar-refractivity contribution >= 4 is 0 Å². The number of hydrogen-bond donors (Lipinski definition) is 0. The molecule has 0 aromatic heterocycles. The third kappa shape index (κ3) is 4.81. The first-order valence-corrected chi connectivity index (χ1v) is 11.1. The average molecular weight is 387 g/mol. The van der Waals surface area contributed by atoms with E-state index in [1.54, 1.807) is 13.0 Å². The maximum atomic E-state index is 13.7. The molecule has 0 bridgehead atoms. The van der Waals surface area contributed by atoms with Gasteiger partial charge in [0.25, 0.3) is 0 Å². The molecule has 29 heavy (non-hydrogen) atoms. The van der Waals surface area contributed by atoms with E-state index in [-0.39, 0.29) is 5.82 Å². The van der Waals surface area contributed by atoms with Crippen molar-refractivity contribution in [3.8, 4) is 11.8 Å². The molecular formula is C28H31F. The van der Waals surface area contributed by atoms with E-state index < -0.39 is 0 Å². The summed E-state index contributed by atoms with van der Waals surface area (Å²) in [5.41, 5.74) is 3.84. The zero-order valence-corrected chi connectivity index (χ0v) is 17.6. The summed E-state index contributed by atoms with van der Waals surface area (Å²) in [6, 6.07) is 13.9. The Morgan fingerprint density at radius 1 is 0.862 bits per heavy atom. The average Bonchev–Trinajstić information content (AvgIpc) is 2.75. The molecule has 4 rings (SSSR count). The number of allylic oxidation sites excluding steroid dienone is 2. The molecular weight excluding hydrogens is 355 g/mol. The largest absolute Gasteiger partial charge is 0.207 e. The summed E-state index contributed by atoms with van der Waals surface area (Å²) < 4.78 is 13.7. The van der Waals surface area contributed by atoms with Gasteiger partial charge in [-0.1, -0.05) is 42.2 Å². The second-order valence-corrected chi connectivity index (χ2v) is 8.97. The molecule has 0 radical (unpaired) electrons. The van der Waals surface area contributed by atoms with E-state index in [4.69, 9.17) is 0 Å². The number of halogens is 1. The predicted octanol–water partition coefficient (Wildman–Crippen LogP) is 7.41. The van der Waals surface area contributed by atoms with Crippen molar-refractivity contribution in [2.45, 2.75) is 58.3 Å². The molecule has 2 aliphatic rings. The minimum Gasteiger partial charge on any atom is -0.207 e. The molecule has 0 aliphatic heterocycles. The highest BCUT2D eigenvalue weighted by atomic mass is 19.1. The van der Waals surface area contributed by atoms with Crippen molar-refractivity contribution < 1.29 is 4.39 Å². The molecule has 150 valence electrons. The summed E-state index contributed by atoms with van der Waals surface area (Å²) in [6.45, 7) is 3.92. The van der Waals surface area contributed by atoms with Gasteiger partial charge in [-0.05, 0) is 111 Å². The molecule has 0 nitrogen and oxygen atoms in total. The van der Waals surface area contributed by atoms with E-state index in [2.05, 4.69) is 55.2 Å². The number of rotatable bonds is 2. The first-order chi connectivity index (χ1) is 14.1. The van der Waals surface area contributed by atoms with E-state index in [1.165, 1.54) is 50.2 Å². The van der Waals surface area contributed by atoms with Crippen molar-refractivity contribution in [3.05, 3.63) is 82.7 Å². The molecule has 2 fully saturated rings. The van der Waals surface area contributed by atoms with Crippen LogP contribution in [0.5, 0.6) is 0 Å². The lowest BCUT2D eigenvalue weighted by atomic mass is 9.64. The lowest BCUT2D eigenvalue weighted by molar-refractivity contribution is 0.133. The fourth-order valence-corrected chi connectivity index (χ4v) is 5.33. The van der Waals surface area contributed by atoms with Crippen molar-refractivity contribution in [2.24, 2.45) is 17.8 Å². The molecule has 0 saturated heterocycles. The number of fused-ring (bicyclic) bond motifs is 1. The summed E-state index contributed by atoms with van der Waals surface area (Å²) >= 11 is 0. The Morgan fingerprint density at radius 2 is 1.55 bits per heavy atom. The minimum atomic E-state index is -0.192. The maximum absolute atomic E-state index is 13.7. The Kier molecular flexibility index (Phi) is 6.19. The van der Waals surface area contributed by atoms with Crippen LogP contribution in [0.1, 0.15) is 73.6 Å². The second-order valence-electron chi connectivity index (χ2n) is 8.97. The van der Waals surface area contributed by atoms with Gasteiger partial charge in [-0.15, -0.1) is 0 Å². The molecule has 2 aromatic rings. The van der Waals surface area contributed by atoms with Gasteiger partial charge in [-0.2, -0.15) is 0 Å². The number of benzene rings is 2. The van der Waals surface area contributed by atoms with E-state index in [0.29, 0.717) is 11.5 Å². The predicted molar refractivity (Wildman–Crippen MR) is 119 cm³/mol. The van der Waals surface area contributed by atoms with Crippen LogP contribution in [0.15, 0.2) is 54.6 Å².